The fraction of sp³-hybridized carbons (Fsp3) is 0.565. The van der Waals surface area contributed by atoms with E-state index in [1.807, 2.05) is 31.3 Å². The molecule has 2 aliphatic heterocycles. The highest BCUT2D eigenvalue weighted by molar-refractivity contribution is 7.09. The number of nitrogens with zero attached hydrogens (tertiary/aromatic N) is 3. The van der Waals surface area contributed by atoms with Crippen molar-refractivity contribution in [2.75, 3.05) is 32.8 Å². The van der Waals surface area contributed by atoms with E-state index in [-0.39, 0.29) is 11.4 Å². The Balaban J connectivity index is 1.53. The summed E-state index contributed by atoms with van der Waals surface area (Å²) in [5, 5.41) is 2.14. The number of ether oxygens (including phenoxy) is 1. The molecule has 0 unspecified atom stereocenters. The molecule has 2 fully saturated rings. The van der Waals surface area contributed by atoms with Gasteiger partial charge in [0.25, 0.3) is 0 Å². The lowest BCUT2D eigenvalue weighted by atomic mass is 9.75. The van der Waals surface area contributed by atoms with Crippen LogP contribution in [-0.4, -0.2) is 53.5 Å². The summed E-state index contributed by atoms with van der Waals surface area (Å²) in [6, 6.07) is 10.5. The zero-order chi connectivity index (χ0) is 20.3. The van der Waals surface area contributed by atoms with Crippen molar-refractivity contribution in [3.8, 4) is 0 Å². The van der Waals surface area contributed by atoms with Crippen molar-refractivity contribution in [2.45, 2.75) is 39.8 Å². The number of aryl methyl sites for hydroxylation is 1. The van der Waals surface area contributed by atoms with Crippen molar-refractivity contribution < 1.29 is 9.53 Å². The van der Waals surface area contributed by atoms with E-state index in [2.05, 4.69) is 44.4 Å². The van der Waals surface area contributed by atoms with Gasteiger partial charge in [-0.15, -0.1) is 11.3 Å². The molecule has 156 valence electrons. The first-order valence-corrected chi connectivity index (χ1v) is 11.5. The maximum atomic E-state index is 13.1. The first kappa shape index (κ1) is 20.5. The zero-order valence-corrected chi connectivity index (χ0v) is 18.3. The minimum absolute atomic E-state index is 0.00248. The number of esters is 1. The number of rotatable bonds is 6. The number of fused-ring (bicyclic) bond motifs is 1. The van der Waals surface area contributed by atoms with E-state index in [1.54, 1.807) is 0 Å². The number of hydrogen-bond donors (Lipinski definition) is 0. The van der Waals surface area contributed by atoms with Gasteiger partial charge in [-0.25, -0.2) is 0 Å². The molecule has 0 radical (unpaired) electrons. The maximum absolute atomic E-state index is 13.1. The van der Waals surface area contributed by atoms with Gasteiger partial charge in [0.15, 0.2) is 0 Å². The van der Waals surface area contributed by atoms with Crippen LogP contribution in [0, 0.1) is 18.3 Å². The van der Waals surface area contributed by atoms with Crippen LogP contribution in [-0.2, 0) is 22.6 Å². The van der Waals surface area contributed by atoms with E-state index >= 15 is 0 Å². The molecule has 0 bridgehead atoms. The Morgan fingerprint density at radius 1 is 1.24 bits per heavy atom. The third kappa shape index (κ3) is 4.55. The van der Waals surface area contributed by atoms with Crippen molar-refractivity contribution in [2.24, 2.45) is 11.3 Å². The number of pyridine rings is 1. The van der Waals surface area contributed by atoms with E-state index in [4.69, 9.17) is 4.74 Å². The minimum Gasteiger partial charge on any atom is -0.466 e. The Morgan fingerprint density at radius 2 is 2.10 bits per heavy atom. The van der Waals surface area contributed by atoms with Gasteiger partial charge < -0.3 is 4.74 Å². The van der Waals surface area contributed by atoms with Crippen LogP contribution in [0.15, 0.2) is 35.7 Å². The van der Waals surface area contributed by atoms with Crippen molar-refractivity contribution >= 4 is 17.3 Å². The SMILES string of the molecule is CCOC(=O)[C@]12CCCN(Cc3cccs3)C[C@H]1CN(Cc1cccc(C)n1)C2. The normalized spacial score (nSPS) is 25.5. The molecule has 0 spiro atoms. The van der Waals surface area contributed by atoms with Crippen LogP contribution in [0.2, 0.25) is 0 Å². The first-order valence-electron chi connectivity index (χ1n) is 10.7. The molecule has 5 nitrogen and oxygen atoms in total. The number of carbonyl (C=O) groups is 1. The highest BCUT2D eigenvalue weighted by Crippen LogP contribution is 2.44. The molecular formula is C23H31N3O2S. The van der Waals surface area contributed by atoms with Crippen LogP contribution < -0.4 is 0 Å². The molecule has 2 saturated heterocycles. The second kappa shape index (κ2) is 8.94. The lowest BCUT2D eigenvalue weighted by molar-refractivity contribution is -0.157. The fourth-order valence-electron chi connectivity index (χ4n) is 5.03. The average Bonchev–Trinajstić information content (AvgIpc) is 3.27. The van der Waals surface area contributed by atoms with Gasteiger partial charge in [-0.2, -0.15) is 0 Å². The van der Waals surface area contributed by atoms with Crippen molar-refractivity contribution in [1.29, 1.82) is 0 Å². The molecule has 0 amide bonds. The van der Waals surface area contributed by atoms with Gasteiger partial charge in [0.2, 0.25) is 0 Å². The van der Waals surface area contributed by atoms with E-state index in [0.29, 0.717) is 12.5 Å². The quantitative estimate of drug-likeness (QED) is 0.676. The summed E-state index contributed by atoms with van der Waals surface area (Å²) >= 11 is 1.81. The number of thiophene rings is 1. The van der Waals surface area contributed by atoms with Crippen LogP contribution >= 0.6 is 11.3 Å². The molecule has 29 heavy (non-hydrogen) atoms. The van der Waals surface area contributed by atoms with Gasteiger partial charge in [-0.05, 0) is 56.8 Å². The van der Waals surface area contributed by atoms with Crippen molar-refractivity contribution in [3.05, 3.63) is 52.0 Å². The lowest BCUT2D eigenvalue weighted by Gasteiger charge is -2.31. The Bertz CT molecular complexity index is 825. The monoisotopic (exact) mass is 413 g/mol. The van der Waals surface area contributed by atoms with E-state index in [9.17, 15) is 4.79 Å². The fourth-order valence-corrected chi connectivity index (χ4v) is 5.77. The minimum atomic E-state index is -0.385. The second-order valence-corrected chi connectivity index (χ2v) is 9.46. The molecule has 4 heterocycles. The molecule has 2 aliphatic rings. The predicted molar refractivity (Wildman–Crippen MR) is 116 cm³/mol. The lowest BCUT2D eigenvalue weighted by Crippen LogP contribution is -2.42. The summed E-state index contributed by atoms with van der Waals surface area (Å²) in [7, 11) is 0. The predicted octanol–water partition coefficient (Wildman–Crippen LogP) is 3.73. The number of aromatic nitrogens is 1. The van der Waals surface area contributed by atoms with Crippen LogP contribution in [0.3, 0.4) is 0 Å². The van der Waals surface area contributed by atoms with E-state index in [0.717, 1.165) is 63.5 Å². The molecule has 2 atom stereocenters. The molecule has 0 aromatic carbocycles. The molecule has 6 heteroatoms. The third-order valence-electron chi connectivity index (χ3n) is 6.31. The molecule has 0 saturated carbocycles. The average molecular weight is 414 g/mol. The smallest absolute Gasteiger partial charge is 0.313 e. The van der Waals surface area contributed by atoms with E-state index in [1.165, 1.54) is 4.88 Å². The topological polar surface area (TPSA) is 45.7 Å². The molecule has 2 aromatic rings. The van der Waals surface area contributed by atoms with Crippen LogP contribution in [0.4, 0.5) is 0 Å². The molecule has 0 N–H and O–H groups in total. The second-order valence-electron chi connectivity index (χ2n) is 8.43. The van der Waals surface area contributed by atoms with Gasteiger partial charge in [0.05, 0.1) is 17.7 Å². The third-order valence-corrected chi connectivity index (χ3v) is 7.18. The van der Waals surface area contributed by atoms with Crippen molar-refractivity contribution in [3.63, 3.8) is 0 Å². The first-order chi connectivity index (χ1) is 14.1. The van der Waals surface area contributed by atoms with E-state index < -0.39 is 0 Å². The zero-order valence-electron chi connectivity index (χ0n) is 17.5. The molecule has 4 rings (SSSR count). The van der Waals surface area contributed by atoms with Gasteiger partial charge in [0.1, 0.15) is 0 Å². The standard InChI is InChI=1S/C23H31N3O2S/c1-3-28-22(27)23-10-6-11-25(16-21-9-5-12-29-21)13-19(23)14-26(17-23)15-20-8-4-7-18(2)24-20/h4-5,7-9,12,19H,3,6,10-11,13-17H2,1-2H3/t19-,23-/m0/s1. The van der Waals surface area contributed by atoms with Gasteiger partial charge in [-0.1, -0.05) is 12.1 Å². The summed E-state index contributed by atoms with van der Waals surface area (Å²) in [5.41, 5.74) is 1.73. The number of hydrogen-bond acceptors (Lipinski definition) is 6. The summed E-state index contributed by atoms with van der Waals surface area (Å²) in [5.74, 6) is 0.302. The number of likely N-dealkylation sites (tertiary alicyclic amines) is 2. The highest BCUT2D eigenvalue weighted by atomic mass is 32.1. The Morgan fingerprint density at radius 3 is 2.86 bits per heavy atom. The van der Waals surface area contributed by atoms with Crippen LogP contribution in [0.25, 0.3) is 0 Å². The number of carbonyl (C=O) groups excluding carboxylic acids is 1. The molecule has 2 aromatic heterocycles. The summed E-state index contributed by atoms with van der Waals surface area (Å²) < 4.78 is 5.60. The van der Waals surface area contributed by atoms with Gasteiger partial charge in [0, 0.05) is 49.2 Å². The molecule has 0 aliphatic carbocycles. The Labute approximate surface area is 177 Å². The molecular weight excluding hydrogens is 382 g/mol. The Hall–Kier alpha value is -1.76. The largest absolute Gasteiger partial charge is 0.466 e. The van der Waals surface area contributed by atoms with Gasteiger partial charge in [-0.3, -0.25) is 19.6 Å². The van der Waals surface area contributed by atoms with Crippen molar-refractivity contribution in [1.82, 2.24) is 14.8 Å². The Kier molecular flexibility index (Phi) is 6.32. The summed E-state index contributed by atoms with van der Waals surface area (Å²) in [6.45, 7) is 9.87. The highest BCUT2D eigenvalue weighted by Gasteiger charge is 2.53. The summed E-state index contributed by atoms with van der Waals surface area (Å²) in [4.78, 5) is 24.2. The van der Waals surface area contributed by atoms with Crippen LogP contribution in [0.5, 0.6) is 0 Å². The maximum Gasteiger partial charge on any atom is 0.313 e. The van der Waals surface area contributed by atoms with Crippen LogP contribution in [0.1, 0.15) is 36.0 Å². The van der Waals surface area contributed by atoms with Gasteiger partial charge >= 0.3 is 5.97 Å². The summed E-state index contributed by atoms with van der Waals surface area (Å²) in [6.07, 6.45) is 1.95.